The summed E-state index contributed by atoms with van der Waals surface area (Å²) in [6, 6.07) is 3.62. The summed E-state index contributed by atoms with van der Waals surface area (Å²) in [4.78, 5) is 4.06. The van der Waals surface area contributed by atoms with Crippen LogP contribution in [0.1, 0.15) is 19.3 Å². The lowest BCUT2D eigenvalue weighted by Gasteiger charge is -2.24. The molecule has 0 aliphatic heterocycles. The molecule has 1 heterocycles. The van der Waals surface area contributed by atoms with Gasteiger partial charge in [0.25, 0.3) is 0 Å². The van der Waals surface area contributed by atoms with Gasteiger partial charge in [0.15, 0.2) is 0 Å². The molecule has 70 valence electrons. The molecule has 1 aromatic rings. The first-order chi connectivity index (χ1) is 6.34. The summed E-state index contributed by atoms with van der Waals surface area (Å²) in [7, 11) is 0. The van der Waals surface area contributed by atoms with E-state index in [2.05, 4.69) is 4.98 Å². The largest absolute Gasteiger partial charge is 0.477 e. The third-order valence-corrected chi connectivity index (χ3v) is 2.45. The topological polar surface area (TPSA) is 48.1 Å². The third kappa shape index (κ3) is 2.11. The highest BCUT2D eigenvalue weighted by molar-refractivity contribution is 5.35. The average molecular weight is 178 g/mol. The molecule has 0 amide bonds. The van der Waals surface area contributed by atoms with Crippen LogP contribution in [-0.2, 0) is 0 Å². The quantitative estimate of drug-likeness (QED) is 0.768. The van der Waals surface area contributed by atoms with Crippen molar-refractivity contribution in [3.63, 3.8) is 0 Å². The van der Waals surface area contributed by atoms with E-state index in [1.165, 1.54) is 19.3 Å². The minimum absolute atomic E-state index is 0.677. The first kappa shape index (κ1) is 8.35. The van der Waals surface area contributed by atoms with Gasteiger partial charge in [-0.2, -0.15) is 0 Å². The molecule has 0 unspecified atom stereocenters. The van der Waals surface area contributed by atoms with E-state index >= 15 is 0 Å². The van der Waals surface area contributed by atoms with Gasteiger partial charge >= 0.3 is 0 Å². The minimum atomic E-state index is 0.677. The van der Waals surface area contributed by atoms with Gasteiger partial charge in [0.2, 0.25) is 5.88 Å². The lowest BCUT2D eigenvalue weighted by Crippen LogP contribution is -2.19. The van der Waals surface area contributed by atoms with Crippen LogP contribution in [0, 0.1) is 5.92 Å². The molecule has 2 rings (SSSR count). The first-order valence-corrected chi connectivity index (χ1v) is 4.69. The predicted octanol–water partition coefficient (Wildman–Crippen LogP) is 1.84. The molecule has 1 aromatic heterocycles. The van der Waals surface area contributed by atoms with Crippen molar-refractivity contribution in [1.29, 1.82) is 0 Å². The van der Waals surface area contributed by atoms with Gasteiger partial charge in [-0.25, -0.2) is 4.98 Å². The van der Waals surface area contributed by atoms with Gasteiger partial charge in [0, 0.05) is 6.07 Å². The van der Waals surface area contributed by atoms with Crippen LogP contribution >= 0.6 is 0 Å². The molecule has 1 saturated carbocycles. The van der Waals surface area contributed by atoms with Crippen molar-refractivity contribution in [2.45, 2.75) is 19.3 Å². The molecule has 0 atom stereocenters. The van der Waals surface area contributed by atoms with Crippen molar-refractivity contribution in [2.75, 3.05) is 12.3 Å². The number of ether oxygens (including phenoxy) is 1. The zero-order valence-electron chi connectivity index (χ0n) is 7.57. The Hall–Kier alpha value is -1.25. The van der Waals surface area contributed by atoms with Crippen molar-refractivity contribution in [3.05, 3.63) is 18.3 Å². The second kappa shape index (κ2) is 3.64. The maximum atomic E-state index is 5.50. The lowest BCUT2D eigenvalue weighted by atomic mass is 9.86. The Morgan fingerprint density at radius 1 is 1.46 bits per heavy atom. The molecular formula is C10H14N2O. The van der Waals surface area contributed by atoms with E-state index in [1.54, 1.807) is 6.20 Å². The molecule has 1 aliphatic rings. The Labute approximate surface area is 77.9 Å². The first-order valence-electron chi connectivity index (χ1n) is 4.69. The van der Waals surface area contributed by atoms with Crippen LogP contribution in [0.2, 0.25) is 0 Å². The van der Waals surface area contributed by atoms with E-state index in [-0.39, 0.29) is 0 Å². The van der Waals surface area contributed by atoms with Crippen LogP contribution in [0.3, 0.4) is 0 Å². The number of nitrogens with zero attached hydrogens (tertiary/aromatic N) is 1. The Morgan fingerprint density at radius 2 is 2.31 bits per heavy atom. The smallest absolute Gasteiger partial charge is 0.213 e. The summed E-state index contributed by atoms with van der Waals surface area (Å²) in [6.07, 6.45) is 5.57. The normalized spacial score (nSPS) is 16.6. The molecule has 3 heteroatoms. The molecule has 1 aliphatic carbocycles. The molecule has 3 nitrogen and oxygen atoms in total. The predicted molar refractivity (Wildman–Crippen MR) is 51.5 cm³/mol. The van der Waals surface area contributed by atoms with Crippen molar-refractivity contribution in [3.8, 4) is 5.88 Å². The molecular weight excluding hydrogens is 164 g/mol. The fraction of sp³-hybridized carbons (Fsp3) is 0.500. The second-order valence-corrected chi connectivity index (χ2v) is 3.54. The maximum absolute atomic E-state index is 5.50. The zero-order chi connectivity index (χ0) is 9.10. The van der Waals surface area contributed by atoms with Crippen LogP contribution in [-0.4, -0.2) is 11.6 Å². The van der Waals surface area contributed by atoms with Crippen molar-refractivity contribution in [1.82, 2.24) is 4.98 Å². The number of pyridine rings is 1. The molecule has 0 saturated heterocycles. The van der Waals surface area contributed by atoms with Crippen LogP contribution < -0.4 is 10.5 Å². The van der Waals surface area contributed by atoms with E-state index in [0.717, 1.165) is 12.5 Å². The Kier molecular flexibility index (Phi) is 2.34. The van der Waals surface area contributed by atoms with Gasteiger partial charge in [0.05, 0.1) is 18.5 Å². The van der Waals surface area contributed by atoms with Crippen LogP contribution in [0.5, 0.6) is 5.88 Å². The van der Waals surface area contributed by atoms with Crippen molar-refractivity contribution in [2.24, 2.45) is 5.92 Å². The minimum Gasteiger partial charge on any atom is -0.477 e. The number of rotatable bonds is 3. The van der Waals surface area contributed by atoms with E-state index in [9.17, 15) is 0 Å². The highest BCUT2D eigenvalue weighted by Crippen LogP contribution is 2.26. The van der Waals surface area contributed by atoms with Crippen LogP contribution in [0.4, 0.5) is 5.69 Å². The number of nitrogen functional groups attached to an aromatic ring is 1. The summed E-state index contributed by atoms with van der Waals surface area (Å²) in [6.45, 7) is 0.802. The molecule has 13 heavy (non-hydrogen) atoms. The summed E-state index contributed by atoms with van der Waals surface area (Å²) in [5.41, 5.74) is 6.18. The fourth-order valence-electron chi connectivity index (χ4n) is 1.34. The SMILES string of the molecule is Nc1ccc(OCC2CCC2)nc1. The second-order valence-electron chi connectivity index (χ2n) is 3.54. The van der Waals surface area contributed by atoms with E-state index in [0.29, 0.717) is 11.6 Å². The molecule has 0 radical (unpaired) electrons. The fourth-order valence-corrected chi connectivity index (χ4v) is 1.34. The number of aromatic nitrogens is 1. The van der Waals surface area contributed by atoms with Crippen LogP contribution in [0.25, 0.3) is 0 Å². The molecule has 0 bridgehead atoms. The van der Waals surface area contributed by atoms with E-state index in [1.807, 2.05) is 12.1 Å². The van der Waals surface area contributed by atoms with Gasteiger partial charge in [-0.3, -0.25) is 0 Å². The Bertz CT molecular complexity index is 267. The van der Waals surface area contributed by atoms with Gasteiger partial charge < -0.3 is 10.5 Å². The highest BCUT2D eigenvalue weighted by atomic mass is 16.5. The lowest BCUT2D eigenvalue weighted by molar-refractivity contribution is 0.175. The van der Waals surface area contributed by atoms with Gasteiger partial charge in [-0.05, 0) is 24.8 Å². The monoisotopic (exact) mass is 178 g/mol. The Balaban J connectivity index is 1.83. The van der Waals surface area contributed by atoms with E-state index in [4.69, 9.17) is 10.5 Å². The van der Waals surface area contributed by atoms with Crippen molar-refractivity contribution >= 4 is 5.69 Å². The standard InChI is InChI=1S/C10H14N2O/c11-9-4-5-10(12-6-9)13-7-8-2-1-3-8/h4-6,8H,1-3,7,11H2. The number of hydrogen-bond donors (Lipinski definition) is 1. The van der Waals surface area contributed by atoms with Gasteiger partial charge in [-0.15, -0.1) is 0 Å². The van der Waals surface area contributed by atoms with E-state index < -0.39 is 0 Å². The third-order valence-electron chi connectivity index (χ3n) is 2.45. The van der Waals surface area contributed by atoms with Gasteiger partial charge in [0.1, 0.15) is 0 Å². The summed E-state index contributed by atoms with van der Waals surface area (Å²) >= 11 is 0. The van der Waals surface area contributed by atoms with Gasteiger partial charge in [-0.1, -0.05) is 6.42 Å². The average Bonchev–Trinajstić information content (AvgIpc) is 2.05. The summed E-state index contributed by atoms with van der Waals surface area (Å²) < 4.78 is 5.50. The number of anilines is 1. The molecule has 0 aromatic carbocycles. The van der Waals surface area contributed by atoms with Crippen molar-refractivity contribution < 1.29 is 4.74 Å². The summed E-state index contributed by atoms with van der Waals surface area (Å²) in [5.74, 6) is 1.43. The maximum Gasteiger partial charge on any atom is 0.213 e. The molecule has 0 spiro atoms. The molecule has 2 N–H and O–H groups in total. The number of hydrogen-bond acceptors (Lipinski definition) is 3. The number of nitrogens with two attached hydrogens (primary N) is 1. The van der Waals surface area contributed by atoms with Crippen LogP contribution in [0.15, 0.2) is 18.3 Å². The highest BCUT2D eigenvalue weighted by Gasteiger charge is 2.17. The summed E-state index contributed by atoms with van der Waals surface area (Å²) in [5, 5.41) is 0. The molecule has 1 fully saturated rings. The zero-order valence-corrected chi connectivity index (χ0v) is 7.57. The Morgan fingerprint density at radius 3 is 2.85 bits per heavy atom.